The van der Waals surface area contributed by atoms with E-state index in [1.807, 2.05) is 42.5 Å². The van der Waals surface area contributed by atoms with Crippen molar-refractivity contribution in [1.29, 1.82) is 0 Å². The predicted octanol–water partition coefficient (Wildman–Crippen LogP) is 3.45. The second kappa shape index (κ2) is 6.57. The Bertz CT molecular complexity index is 572. The molecule has 19 heavy (non-hydrogen) atoms. The molecule has 0 bridgehead atoms. The summed E-state index contributed by atoms with van der Waals surface area (Å²) in [6.07, 6.45) is 0. The van der Waals surface area contributed by atoms with Gasteiger partial charge >= 0.3 is 0 Å². The number of aliphatic hydroxyl groups excluding tert-OH is 2. The topological polar surface area (TPSA) is 40.5 Å². The summed E-state index contributed by atoms with van der Waals surface area (Å²) in [4.78, 5) is 0. The molecule has 2 nitrogen and oxygen atoms in total. The van der Waals surface area contributed by atoms with Crippen LogP contribution in [0.2, 0.25) is 0 Å². The molecule has 0 spiro atoms. The van der Waals surface area contributed by atoms with E-state index in [0.717, 1.165) is 26.7 Å². The van der Waals surface area contributed by atoms with Crippen LogP contribution >= 0.6 is 28.6 Å². The highest BCUT2D eigenvalue weighted by Gasteiger charge is 2.11. The molecule has 0 aliphatic rings. The average molecular weight is 339 g/mol. The quantitative estimate of drug-likeness (QED) is 0.747. The van der Waals surface area contributed by atoms with Crippen molar-refractivity contribution < 1.29 is 10.2 Å². The van der Waals surface area contributed by atoms with Crippen molar-refractivity contribution in [2.45, 2.75) is 18.5 Å². The van der Waals surface area contributed by atoms with Crippen molar-refractivity contribution in [1.82, 2.24) is 0 Å². The Morgan fingerprint density at radius 3 is 2.26 bits per heavy atom. The molecule has 0 aromatic heterocycles. The van der Waals surface area contributed by atoms with Crippen molar-refractivity contribution in [3.05, 3.63) is 69.2 Å². The monoisotopic (exact) mass is 338 g/mol. The van der Waals surface area contributed by atoms with Gasteiger partial charge in [0.15, 0.2) is 0 Å². The Morgan fingerprint density at radius 1 is 0.947 bits per heavy atom. The maximum atomic E-state index is 9.33. The molecule has 0 saturated carbocycles. The fourth-order valence-electron chi connectivity index (χ4n) is 1.99. The molecule has 0 amide bonds. The van der Waals surface area contributed by atoms with Crippen molar-refractivity contribution in [2.75, 3.05) is 0 Å². The Morgan fingerprint density at radius 2 is 1.63 bits per heavy atom. The lowest BCUT2D eigenvalue weighted by atomic mass is 9.99. The summed E-state index contributed by atoms with van der Waals surface area (Å²) < 4.78 is 1.01. The highest BCUT2D eigenvalue weighted by atomic mass is 79.9. The van der Waals surface area contributed by atoms with Gasteiger partial charge in [0, 0.05) is 4.47 Å². The molecule has 1 atom stereocenters. The van der Waals surface area contributed by atoms with Gasteiger partial charge in [-0.3, -0.25) is 0 Å². The number of aliphatic hydroxyl groups is 2. The SMILES string of the molecule is OCc1ccc(C(S)c2cccc(Br)c2)cc1CO. The molecule has 0 aliphatic heterocycles. The summed E-state index contributed by atoms with van der Waals surface area (Å²) in [6, 6.07) is 13.6. The molecule has 0 fully saturated rings. The molecule has 2 rings (SSSR count). The molecule has 2 aromatic rings. The van der Waals surface area contributed by atoms with Crippen LogP contribution in [0.15, 0.2) is 46.9 Å². The van der Waals surface area contributed by atoms with Crippen LogP contribution in [0.5, 0.6) is 0 Å². The predicted molar refractivity (Wildman–Crippen MR) is 83.3 cm³/mol. The summed E-state index contributed by atoms with van der Waals surface area (Å²) >= 11 is 8.09. The third kappa shape index (κ3) is 3.39. The van der Waals surface area contributed by atoms with Gasteiger partial charge in [0.2, 0.25) is 0 Å². The number of halogens is 1. The molecule has 100 valence electrons. The van der Waals surface area contributed by atoms with E-state index < -0.39 is 0 Å². The van der Waals surface area contributed by atoms with Gasteiger partial charge in [0.1, 0.15) is 0 Å². The number of benzene rings is 2. The molecule has 1 unspecified atom stereocenters. The van der Waals surface area contributed by atoms with Crippen molar-refractivity contribution in [3.8, 4) is 0 Å². The molecule has 4 heteroatoms. The van der Waals surface area contributed by atoms with Crippen molar-refractivity contribution in [3.63, 3.8) is 0 Å². The number of rotatable bonds is 4. The molecule has 0 saturated heterocycles. The second-order valence-corrected chi connectivity index (χ2v) is 5.73. The van der Waals surface area contributed by atoms with Gasteiger partial charge < -0.3 is 10.2 Å². The lowest BCUT2D eigenvalue weighted by Crippen LogP contribution is -1.99. The zero-order valence-corrected chi connectivity index (χ0v) is 12.7. The average Bonchev–Trinajstić information content (AvgIpc) is 2.45. The van der Waals surface area contributed by atoms with Gasteiger partial charge in [0.05, 0.1) is 18.5 Å². The minimum atomic E-state index is -0.0806. The normalized spacial score (nSPS) is 12.4. The van der Waals surface area contributed by atoms with Crippen LogP contribution in [0.4, 0.5) is 0 Å². The summed E-state index contributed by atoms with van der Waals surface area (Å²) in [5.41, 5.74) is 3.58. The minimum Gasteiger partial charge on any atom is -0.392 e. The molecule has 0 heterocycles. The fraction of sp³-hybridized carbons (Fsp3) is 0.200. The van der Waals surface area contributed by atoms with E-state index >= 15 is 0 Å². The van der Waals surface area contributed by atoms with Gasteiger partial charge in [-0.05, 0) is 34.4 Å². The Labute approximate surface area is 126 Å². The Kier molecular flexibility index (Phi) is 5.05. The van der Waals surface area contributed by atoms with Crippen LogP contribution < -0.4 is 0 Å². The minimum absolute atomic E-state index is 0.0597. The van der Waals surface area contributed by atoms with Crippen molar-refractivity contribution in [2.24, 2.45) is 0 Å². The Hall–Kier alpha value is -0.810. The lowest BCUT2D eigenvalue weighted by Gasteiger charge is -2.14. The molecular formula is C15H15BrO2S. The zero-order chi connectivity index (χ0) is 13.8. The van der Waals surface area contributed by atoms with E-state index in [0.29, 0.717) is 0 Å². The van der Waals surface area contributed by atoms with E-state index in [1.165, 1.54) is 0 Å². The van der Waals surface area contributed by atoms with Crippen molar-refractivity contribution >= 4 is 28.6 Å². The van der Waals surface area contributed by atoms with E-state index in [4.69, 9.17) is 0 Å². The van der Waals surface area contributed by atoms with E-state index in [9.17, 15) is 10.2 Å². The third-order valence-corrected chi connectivity index (χ3v) is 4.14. The largest absolute Gasteiger partial charge is 0.392 e. The number of hydrogen-bond donors (Lipinski definition) is 3. The van der Waals surface area contributed by atoms with Crippen LogP contribution in [0.3, 0.4) is 0 Å². The van der Waals surface area contributed by atoms with Crippen LogP contribution in [0.25, 0.3) is 0 Å². The van der Waals surface area contributed by atoms with Gasteiger partial charge in [-0.1, -0.05) is 46.3 Å². The Balaban J connectivity index is 2.36. The first-order chi connectivity index (χ1) is 9.15. The molecular weight excluding hydrogens is 324 g/mol. The standard InChI is InChI=1S/C15H15BrO2S/c16-14-3-1-2-10(7-14)15(19)11-4-5-12(8-17)13(6-11)9-18/h1-7,15,17-19H,8-9H2. The third-order valence-electron chi connectivity index (χ3n) is 3.05. The van der Waals surface area contributed by atoms with Crippen LogP contribution in [0, 0.1) is 0 Å². The van der Waals surface area contributed by atoms with E-state index in [-0.39, 0.29) is 18.5 Å². The number of thiol groups is 1. The van der Waals surface area contributed by atoms with Gasteiger partial charge in [-0.15, -0.1) is 0 Å². The number of hydrogen-bond acceptors (Lipinski definition) is 3. The molecule has 0 radical (unpaired) electrons. The second-order valence-electron chi connectivity index (χ2n) is 4.30. The highest BCUT2D eigenvalue weighted by molar-refractivity contribution is 9.10. The van der Waals surface area contributed by atoms with E-state index in [2.05, 4.69) is 28.6 Å². The maximum absolute atomic E-state index is 9.33. The fourth-order valence-corrected chi connectivity index (χ4v) is 2.72. The van der Waals surface area contributed by atoms with Crippen LogP contribution in [0.1, 0.15) is 27.5 Å². The summed E-state index contributed by atoms with van der Waals surface area (Å²) in [5, 5.41) is 18.5. The summed E-state index contributed by atoms with van der Waals surface area (Å²) in [7, 11) is 0. The first-order valence-electron chi connectivity index (χ1n) is 5.92. The van der Waals surface area contributed by atoms with Gasteiger partial charge in [-0.2, -0.15) is 12.6 Å². The van der Waals surface area contributed by atoms with Crippen LogP contribution in [-0.4, -0.2) is 10.2 Å². The highest BCUT2D eigenvalue weighted by Crippen LogP contribution is 2.31. The molecule has 2 aromatic carbocycles. The van der Waals surface area contributed by atoms with Crippen LogP contribution in [-0.2, 0) is 13.2 Å². The van der Waals surface area contributed by atoms with Gasteiger partial charge in [-0.25, -0.2) is 0 Å². The summed E-state index contributed by atoms with van der Waals surface area (Å²) in [5.74, 6) is 0. The molecule has 0 aliphatic carbocycles. The smallest absolute Gasteiger partial charge is 0.0685 e. The lowest BCUT2D eigenvalue weighted by molar-refractivity contribution is 0.260. The van der Waals surface area contributed by atoms with Gasteiger partial charge in [0.25, 0.3) is 0 Å². The molecule has 2 N–H and O–H groups in total. The zero-order valence-electron chi connectivity index (χ0n) is 10.3. The first kappa shape index (κ1) is 14.6. The van der Waals surface area contributed by atoms with E-state index in [1.54, 1.807) is 0 Å². The maximum Gasteiger partial charge on any atom is 0.0685 e. The first-order valence-corrected chi connectivity index (χ1v) is 7.23. The summed E-state index contributed by atoms with van der Waals surface area (Å²) in [6.45, 7) is -0.146.